The Kier molecular flexibility index (Phi) is 3.06. The van der Waals surface area contributed by atoms with E-state index in [1.807, 2.05) is 0 Å². The van der Waals surface area contributed by atoms with Crippen LogP contribution in [0.1, 0.15) is 12.8 Å². The van der Waals surface area contributed by atoms with E-state index in [-0.39, 0.29) is 11.8 Å². The van der Waals surface area contributed by atoms with E-state index in [1.165, 1.54) is 0 Å². The number of nitrogens with zero attached hydrogens (tertiary/aromatic N) is 2. The third-order valence-corrected chi connectivity index (χ3v) is 2.97. The van der Waals surface area contributed by atoms with Crippen LogP contribution >= 0.6 is 0 Å². The highest BCUT2D eigenvalue weighted by Gasteiger charge is 2.34. The molecule has 0 aromatic carbocycles. The predicted octanol–water partition coefficient (Wildman–Crippen LogP) is -1.41. The number of hydrogen-bond acceptors (Lipinski definition) is 4. The fourth-order valence-electron chi connectivity index (χ4n) is 2.08. The van der Waals surface area contributed by atoms with E-state index in [2.05, 4.69) is 16.7 Å². The smallest absolute Gasteiger partial charge is 0.246 e. The summed E-state index contributed by atoms with van der Waals surface area (Å²) in [5, 5.41) is 14.6. The highest BCUT2D eigenvalue weighted by molar-refractivity contribution is 5.91. The van der Waals surface area contributed by atoms with Crippen molar-refractivity contribution in [3.05, 3.63) is 0 Å². The van der Waals surface area contributed by atoms with Gasteiger partial charge < -0.3 is 15.5 Å². The molecule has 2 heterocycles. The molecule has 0 spiro atoms. The second kappa shape index (κ2) is 4.49. The highest BCUT2D eigenvalue weighted by Crippen LogP contribution is 2.12. The molecule has 0 aliphatic carbocycles. The fraction of sp³-hybridized carbons (Fsp3) is 0.700. The van der Waals surface area contributed by atoms with Crippen molar-refractivity contribution in [3.8, 4) is 6.07 Å². The molecule has 2 amide bonds. The molecule has 6 nitrogen and oxygen atoms in total. The number of hydrogen-bond donors (Lipinski definition) is 2. The number of carbonyl (C=O) groups is 2. The van der Waals surface area contributed by atoms with Crippen molar-refractivity contribution in [2.45, 2.75) is 24.9 Å². The van der Waals surface area contributed by atoms with E-state index >= 15 is 0 Å². The second-order valence-electron chi connectivity index (χ2n) is 4.04. The van der Waals surface area contributed by atoms with Gasteiger partial charge in [0, 0.05) is 26.1 Å². The minimum Gasteiger partial charge on any atom is -0.344 e. The Hall–Kier alpha value is -1.61. The van der Waals surface area contributed by atoms with Crippen molar-refractivity contribution in [3.63, 3.8) is 0 Å². The van der Waals surface area contributed by atoms with Gasteiger partial charge in [0.25, 0.3) is 0 Å². The third kappa shape index (κ3) is 1.99. The van der Waals surface area contributed by atoms with Crippen LogP contribution in [0.15, 0.2) is 0 Å². The van der Waals surface area contributed by atoms with Gasteiger partial charge in [0.15, 0.2) is 0 Å². The van der Waals surface area contributed by atoms with Crippen LogP contribution in [-0.4, -0.2) is 48.4 Å². The number of amides is 2. The Morgan fingerprint density at radius 1 is 1.56 bits per heavy atom. The molecule has 2 rings (SSSR count). The van der Waals surface area contributed by atoms with Gasteiger partial charge in [-0.3, -0.25) is 9.59 Å². The lowest BCUT2D eigenvalue weighted by molar-refractivity contribution is -0.136. The standard InChI is InChI=1S/C10H14N4O2/c11-5-7-6-12-3-4-14(7)10(16)8-1-2-9(15)13-8/h7-8,12H,1-4,6H2,(H,13,15)/t7?,8-/m0/s1. The monoisotopic (exact) mass is 222 g/mol. The highest BCUT2D eigenvalue weighted by atomic mass is 16.2. The first-order chi connectivity index (χ1) is 7.72. The Bertz CT molecular complexity index is 349. The number of carbonyl (C=O) groups excluding carboxylic acids is 2. The Labute approximate surface area is 93.6 Å². The number of piperazine rings is 1. The predicted molar refractivity (Wildman–Crippen MR) is 55.1 cm³/mol. The molecule has 0 bridgehead atoms. The summed E-state index contributed by atoms with van der Waals surface area (Å²) < 4.78 is 0. The van der Waals surface area contributed by atoms with Gasteiger partial charge in [0.05, 0.1) is 6.07 Å². The number of nitrogens with one attached hydrogen (secondary N) is 2. The molecule has 0 saturated carbocycles. The zero-order valence-electron chi connectivity index (χ0n) is 8.90. The average molecular weight is 222 g/mol. The molecule has 2 atom stereocenters. The van der Waals surface area contributed by atoms with Gasteiger partial charge in [-0.2, -0.15) is 5.26 Å². The normalized spacial score (nSPS) is 29.7. The third-order valence-electron chi connectivity index (χ3n) is 2.97. The van der Waals surface area contributed by atoms with Crippen LogP contribution in [0.2, 0.25) is 0 Å². The SMILES string of the molecule is N#CC1CNCCN1C(=O)[C@@H]1CCC(=O)N1. The van der Waals surface area contributed by atoms with Gasteiger partial charge in [-0.15, -0.1) is 0 Å². The lowest BCUT2D eigenvalue weighted by Gasteiger charge is -2.33. The minimum atomic E-state index is -0.429. The molecule has 0 radical (unpaired) electrons. The summed E-state index contributed by atoms with van der Waals surface area (Å²) in [6.45, 7) is 1.73. The molecular formula is C10H14N4O2. The fourth-order valence-corrected chi connectivity index (χ4v) is 2.08. The summed E-state index contributed by atoms with van der Waals surface area (Å²) >= 11 is 0. The van der Waals surface area contributed by atoms with E-state index in [4.69, 9.17) is 5.26 Å². The molecule has 1 unspecified atom stereocenters. The Morgan fingerprint density at radius 2 is 2.38 bits per heavy atom. The summed E-state index contributed by atoms with van der Waals surface area (Å²) in [4.78, 5) is 24.6. The summed E-state index contributed by atoms with van der Waals surface area (Å²) in [6.07, 6.45) is 0.944. The number of rotatable bonds is 1. The Balaban J connectivity index is 2.02. The summed E-state index contributed by atoms with van der Waals surface area (Å²) in [5.41, 5.74) is 0. The van der Waals surface area contributed by atoms with Gasteiger partial charge in [0.1, 0.15) is 12.1 Å². The van der Waals surface area contributed by atoms with Crippen LogP contribution in [0.3, 0.4) is 0 Å². The van der Waals surface area contributed by atoms with Crippen LogP contribution in [0.4, 0.5) is 0 Å². The molecule has 0 aromatic heterocycles. The van der Waals surface area contributed by atoms with E-state index in [0.29, 0.717) is 32.5 Å². The van der Waals surface area contributed by atoms with E-state index in [9.17, 15) is 9.59 Å². The van der Waals surface area contributed by atoms with Crippen LogP contribution < -0.4 is 10.6 Å². The molecule has 2 aliphatic heterocycles. The van der Waals surface area contributed by atoms with Crippen LogP contribution in [0, 0.1) is 11.3 Å². The zero-order valence-corrected chi connectivity index (χ0v) is 8.90. The summed E-state index contributed by atoms with van der Waals surface area (Å²) in [7, 11) is 0. The first-order valence-corrected chi connectivity index (χ1v) is 5.42. The van der Waals surface area contributed by atoms with Crippen LogP contribution in [0.25, 0.3) is 0 Å². The number of nitriles is 1. The molecule has 6 heteroatoms. The minimum absolute atomic E-state index is 0.0815. The molecular weight excluding hydrogens is 208 g/mol. The van der Waals surface area contributed by atoms with E-state index < -0.39 is 12.1 Å². The zero-order chi connectivity index (χ0) is 11.5. The maximum Gasteiger partial charge on any atom is 0.246 e. The van der Waals surface area contributed by atoms with Crippen molar-refractivity contribution in [2.24, 2.45) is 0 Å². The van der Waals surface area contributed by atoms with Crippen molar-refractivity contribution in [1.82, 2.24) is 15.5 Å². The Morgan fingerprint density at radius 3 is 3.00 bits per heavy atom. The maximum atomic E-state index is 12.0. The molecule has 2 fully saturated rings. The molecule has 16 heavy (non-hydrogen) atoms. The molecule has 86 valence electrons. The topological polar surface area (TPSA) is 85.2 Å². The van der Waals surface area contributed by atoms with E-state index in [1.54, 1.807) is 4.90 Å². The van der Waals surface area contributed by atoms with Crippen molar-refractivity contribution in [1.29, 1.82) is 5.26 Å². The lowest BCUT2D eigenvalue weighted by Crippen LogP contribution is -2.57. The lowest BCUT2D eigenvalue weighted by atomic mass is 10.1. The van der Waals surface area contributed by atoms with Gasteiger partial charge >= 0.3 is 0 Å². The van der Waals surface area contributed by atoms with Crippen molar-refractivity contribution >= 4 is 11.8 Å². The van der Waals surface area contributed by atoms with Gasteiger partial charge in [0.2, 0.25) is 11.8 Å². The molecule has 0 aromatic rings. The second-order valence-corrected chi connectivity index (χ2v) is 4.04. The van der Waals surface area contributed by atoms with E-state index in [0.717, 1.165) is 0 Å². The summed E-state index contributed by atoms with van der Waals surface area (Å²) in [5.74, 6) is -0.208. The van der Waals surface area contributed by atoms with Crippen molar-refractivity contribution in [2.75, 3.05) is 19.6 Å². The molecule has 2 N–H and O–H groups in total. The average Bonchev–Trinajstić information content (AvgIpc) is 2.75. The van der Waals surface area contributed by atoms with Gasteiger partial charge in [-0.05, 0) is 6.42 Å². The first kappa shape index (κ1) is 10.9. The molecule has 2 aliphatic rings. The van der Waals surface area contributed by atoms with Crippen LogP contribution in [-0.2, 0) is 9.59 Å². The quantitative estimate of drug-likeness (QED) is 0.570. The maximum absolute atomic E-state index is 12.0. The van der Waals surface area contributed by atoms with Gasteiger partial charge in [-0.25, -0.2) is 0 Å². The van der Waals surface area contributed by atoms with Crippen molar-refractivity contribution < 1.29 is 9.59 Å². The van der Waals surface area contributed by atoms with Crippen LogP contribution in [0.5, 0.6) is 0 Å². The molecule has 2 saturated heterocycles. The first-order valence-electron chi connectivity index (χ1n) is 5.42. The van der Waals surface area contributed by atoms with Gasteiger partial charge in [-0.1, -0.05) is 0 Å². The largest absolute Gasteiger partial charge is 0.344 e. The summed E-state index contributed by atoms with van der Waals surface area (Å²) in [6, 6.07) is 1.25.